The van der Waals surface area contributed by atoms with Gasteiger partial charge in [0.2, 0.25) is 0 Å². The Hall–Kier alpha value is -2.83. The molecule has 2 aromatic rings. The lowest BCUT2D eigenvalue weighted by molar-refractivity contribution is -0.140. The zero-order chi connectivity index (χ0) is 23.7. The van der Waals surface area contributed by atoms with Crippen LogP contribution < -0.4 is 4.74 Å². The Morgan fingerprint density at radius 2 is 1.94 bits per heavy atom. The number of hydrogen-bond acceptors (Lipinski definition) is 5. The van der Waals surface area contributed by atoms with Crippen molar-refractivity contribution in [3.8, 4) is 5.75 Å². The molecule has 33 heavy (non-hydrogen) atoms. The van der Waals surface area contributed by atoms with Gasteiger partial charge in [-0.05, 0) is 61.5 Å². The first-order chi connectivity index (χ1) is 15.8. The van der Waals surface area contributed by atoms with Crippen molar-refractivity contribution in [1.82, 2.24) is 9.80 Å². The normalized spacial score (nSPS) is 21.5. The van der Waals surface area contributed by atoms with E-state index in [1.54, 1.807) is 35.2 Å². The van der Waals surface area contributed by atoms with Crippen molar-refractivity contribution in [3.63, 3.8) is 0 Å². The van der Waals surface area contributed by atoms with E-state index in [0.29, 0.717) is 29.2 Å². The maximum absolute atomic E-state index is 13.2. The van der Waals surface area contributed by atoms with Gasteiger partial charge in [-0.1, -0.05) is 37.6 Å². The van der Waals surface area contributed by atoms with Crippen LogP contribution in [-0.4, -0.2) is 58.9 Å². The maximum atomic E-state index is 13.2. The third kappa shape index (κ3) is 4.50. The molecule has 2 aliphatic rings. The van der Waals surface area contributed by atoms with Crippen molar-refractivity contribution >= 4 is 29.1 Å². The van der Waals surface area contributed by atoms with Crippen molar-refractivity contribution in [2.75, 3.05) is 26.2 Å². The number of aliphatic hydroxyl groups is 1. The predicted octanol–water partition coefficient (Wildman–Crippen LogP) is 4.43. The molecule has 1 amide bonds. The average Bonchev–Trinajstić information content (AvgIpc) is 3.30. The lowest BCUT2D eigenvalue weighted by atomic mass is 9.94. The summed E-state index contributed by atoms with van der Waals surface area (Å²) in [6.07, 6.45) is 0.793. The molecular formula is C26H29ClN2O4. The first-order valence-corrected chi connectivity index (χ1v) is 11.8. The monoisotopic (exact) mass is 468 g/mol. The van der Waals surface area contributed by atoms with Gasteiger partial charge in [-0.3, -0.25) is 9.59 Å². The van der Waals surface area contributed by atoms with E-state index < -0.39 is 17.7 Å². The summed E-state index contributed by atoms with van der Waals surface area (Å²) in [6.45, 7) is 8.80. The predicted molar refractivity (Wildman–Crippen MR) is 128 cm³/mol. The molecule has 2 atom stereocenters. The lowest BCUT2D eigenvalue weighted by Crippen LogP contribution is -2.38. The van der Waals surface area contributed by atoms with Crippen LogP contribution in [0.4, 0.5) is 0 Å². The molecule has 2 aliphatic heterocycles. The van der Waals surface area contributed by atoms with E-state index in [-0.39, 0.29) is 17.4 Å². The van der Waals surface area contributed by atoms with Crippen LogP contribution in [0, 0.1) is 0 Å². The minimum atomic E-state index is -0.706. The Morgan fingerprint density at radius 1 is 1.18 bits per heavy atom. The molecule has 0 unspecified atom stereocenters. The number of halogens is 1. The summed E-state index contributed by atoms with van der Waals surface area (Å²) < 4.78 is 5.76. The Balaban J connectivity index is 1.79. The number of fused-ring (bicyclic) bond motifs is 1. The summed E-state index contributed by atoms with van der Waals surface area (Å²) in [4.78, 5) is 30.0. The minimum Gasteiger partial charge on any atom is -0.507 e. The van der Waals surface area contributed by atoms with Crippen molar-refractivity contribution in [2.45, 2.75) is 39.3 Å². The van der Waals surface area contributed by atoms with Gasteiger partial charge >= 0.3 is 0 Å². The first kappa shape index (κ1) is 23.3. The van der Waals surface area contributed by atoms with E-state index in [0.717, 1.165) is 30.8 Å². The highest BCUT2D eigenvalue weighted by molar-refractivity contribution is 6.46. The smallest absolute Gasteiger partial charge is 0.295 e. The number of likely N-dealkylation sites (N-methyl/N-ethyl adjacent to an activating group) is 1. The third-order valence-corrected chi connectivity index (χ3v) is 6.66. The number of ether oxygens (including phenoxy) is 1. The summed E-state index contributed by atoms with van der Waals surface area (Å²) in [6, 6.07) is 11.8. The zero-order valence-electron chi connectivity index (χ0n) is 19.2. The fraction of sp³-hybridized carbons (Fsp3) is 0.385. The van der Waals surface area contributed by atoms with Gasteiger partial charge in [0.25, 0.3) is 11.7 Å². The molecule has 0 spiro atoms. The number of ketones is 1. The molecule has 4 rings (SSSR count). The summed E-state index contributed by atoms with van der Waals surface area (Å²) in [7, 11) is 0. The SMILES string of the molecule is CCN(CC)CCN1C(=O)C(=O)C(=C(O)c2ccc3c(c2)C[C@H](C)O3)[C@H]1c1cccc(Cl)c1. The summed E-state index contributed by atoms with van der Waals surface area (Å²) in [5.74, 6) is -0.676. The second kappa shape index (κ2) is 9.57. The molecular weight excluding hydrogens is 440 g/mol. The topological polar surface area (TPSA) is 70.1 Å². The van der Waals surface area contributed by atoms with Gasteiger partial charge in [0.05, 0.1) is 11.6 Å². The molecule has 0 aromatic heterocycles. The molecule has 1 fully saturated rings. The number of carbonyl (C=O) groups excluding carboxylic acids is 2. The van der Waals surface area contributed by atoms with Crippen LogP contribution in [0.15, 0.2) is 48.0 Å². The second-order valence-corrected chi connectivity index (χ2v) is 8.97. The van der Waals surface area contributed by atoms with E-state index in [1.165, 1.54) is 0 Å². The van der Waals surface area contributed by atoms with Crippen LogP contribution in [0.25, 0.3) is 5.76 Å². The molecule has 0 bridgehead atoms. The van der Waals surface area contributed by atoms with E-state index in [4.69, 9.17) is 16.3 Å². The first-order valence-electron chi connectivity index (χ1n) is 11.4. The fourth-order valence-corrected chi connectivity index (χ4v) is 4.85. The number of amides is 1. The van der Waals surface area contributed by atoms with Gasteiger partial charge in [-0.25, -0.2) is 0 Å². The number of nitrogens with zero attached hydrogens (tertiary/aromatic N) is 2. The van der Waals surface area contributed by atoms with Crippen LogP contribution in [0.5, 0.6) is 5.75 Å². The van der Waals surface area contributed by atoms with Crippen molar-refractivity contribution in [2.24, 2.45) is 0 Å². The molecule has 6 nitrogen and oxygen atoms in total. The van der Waals surface area contributed by atoms with Gasteiger partial charge in [-0.2, -0.15) is 0 Å². The number of benzene rings is 2. The molecule has 0 saturated carbocycles. The van der Waals surface area contributed by atoms with Gasteiger partial charge in [0.1, 0.15) is 17.6 Å². The minimum absolute atomic E-state index is 0.0644. The summed E-state index contributed by atoms with van der Waals surface area (Å²) in [5, 5.41) is 11.8. The second-order valence-electron chi connectivity index (χ2n) is 8.53. The van der Waals surface area contributed by atoms with Gasteiger partial charge < -0.3 is 19.6 Å². The molecule has 1 saturated heterocycles. The number of hydrogen-bond donors (Lipinski definition) is 1. The van der Waals surface area contributed by atoms with E-state index >= 15 is 0 Å². The largest absolute Gasteiger partial charge is 0.507 e. The lowest BCUT2D eigenvalue weighted by Gasteiger charge is -2.28. The van der Waals surface area contributed by atoms with Crippen LogP contribution in [0.3, 0.4) is 0 Å². The highest BCUT2D eigenvalue weighted by Gasteiger charge is 2.46. The number of Topliss-reactive ketones (excluding diaryl/α,β-unsaturated/α-hetero) is 1. The van der Waals surface area contributed by atoms with Crippen LogP contribution in [0.1, 0.15) is 43.5 Å². The summed E-state index contributed by atoms with van der Waals surface area (Å²) >= 11 is 6.25. The van der Waals surface area contributed by atoms with E-state index in [9.17, 15) is 14.7 Å². The third-order valence-electron chi connectivity index (χ3n) is 6.43. The van der Waals surface area contributed by atoms with E-state index in [2.05, 4.69) is 18.7 Å². The number of rotatable bonds is 7. The zero-order valence-corrected chi connectivity index (χ0v) is 19.9. The maximum Gasteiger partial charge on any atom is 0.295 e. The Bertz CT molecular complexity index is 1110. The molecule has 7 heteroatoms. The van der Waals surface area contributed by atoms with Crippen molar-refractivity contribution in [1.29, 1.82) is 0 Å². The van der Waals surface area contributed by atoms with Gasteiger partial charge in [0, 0.05) is 30.1 Å². The molecule has 2 aromatic carbocycles. The standard InChI is InChI=1S/C26H29ClN2O4/c1-4-28(5-2)11-12-29-23(17-7-6-8-20(27)15-17)22(25(31)26(29)32)24(30)18-9-10-21-19(14-18)13-16(3)33-21/h6-10,14-16,23,30H,4-5,11-13H2,1-3H3/t16-,23+/m0/s1. The Labute approximate surface area is 199 Å². The Morgan fingerprint density at radius 3 is 2.64 bits per heavy atom. The van der Waals surface area contributed by atoms with Crippen LogP contribution in [0.2, 0.25) is 5.02 Å². The van der Waals surface area contributed by atoms with Crippen LogP contribution in [-0.2, 0) is 16.0 Å². The van der Waals surface area contributed by atoms with E-state index in [1.807, 2.05) is 19.1 Å². The molecule has 0 aliphatic carbocycles. The average molecular weight is 469 g/mol. The Kier molecular flexibility index (Phi) is 6.77. The van der Waals surface area contributed by atoms with Gasteiger partial charge in [0.15, 0.2) is 0 Å². The fourth-order valence-electron chi connectivity index (χ4n) is 4.65. The molecule has 0 radical (unpaired) electrons. The molecule has 1 N–H and O–H groups in total. The van der Waals surface area contributed by atoms with Crippen molar-refractivity contribution in [3.05, 3.63) is 69.8 Å². The molecule has 174 valence electrons. The van der Waals surface area contributed by atoms with Crippen molar-refractivity contribution < 1.29 is 19.4 Å². The highest BCUT2D eigenvalue weighted by atomic mass is 35.5. The number of carbonyl (C=O) groups is 2. The van der Waals surface area contributed by atoms with Crippen LogP contribution >= 0.6 is 11.6 Å². The highest BCUT2D eigenvalue weighted by Crippen LogP contribution is 2.41. The number of likely N-dealkylation sites (tertiary alicyclic amines) is 1. The quantitative estimate of drug-likeness (QED) is 0.370. The number of aliphatic hydroxyl groups excluding tert-OH is 1. The molecule has 2 heterocycles. The van der Waals surface area contributed by atoms with Gasteiger partial charge in [-0.15, -0.1) is 0 Å². The summed E-state index contributed by atoms with van der Waals surface area (Å²) in [5.41, 5.74) is 2.26.